The Morgan fingerprint density at radius 2 is 2.00 bits per heavy atom. The van der Waals surface area contributed by atoms with Gasteiger partial charge in [-0.15, -0.1) is 24.8 Å². The summed E-state index contributed by atoms with van der Waals surface area (Å²) < 4.78 is 5.53. The molecule has 0 aliphatic carbocycles. The first-order valence-corrected chi connectivity index (χ1v) is 7.63. The van der Waals surface area contributed by atoms with Crippen molar-refractivity contribution >= 4 is 24.8 Å². The summed E-state index contributed by atoms with van der Waals surface area (Å²) in [5.41, 5.74) is 3.18. The molecule has 1 aromatic carbocycles. The molecule has 1 unspecified atom stereocenters. The summed E-state index contributed by atoms with van der Waals surface area (Å²) in [6, 6.07) is 8.52. The van der Waals surface area contributed by atoms with Crippen LogP contribution in [0.5, 0.6) is 5.75 Å². The molecule has 7 heteroatoms. The van der Waals surface area contributed by atoms with Crippen LogP contribution in [-0.2, 0) is 6.54 Å². The predicted octanol–water partition coefficient (Wildman–Crippen LogP) is 2.78. The second kappa shape index (κ2) is 9.79. The quantitative estimate of drug-likeness (QED) is 0.896. The van der Waals surface area contributed by atoms with Crippen molar-refractivity contribution in [3.63, 3.8) is 0 Å². The number of aromatic nitrogens is 2. The molecule has 0 amide bonds. The van der Waals surface area contributed by atoms with E-state index in [9.17, 15) is 0 Å². The van der Waals surface area contributed by atoms with Gasteiger partial charge in [-0.2, -0.15) is 0 Å². The van der Waals surface area contributed by atoms with Crippen molar-refractivity contribution in [2.45, 2.75) is 19.5 Å². The number of para-hydroxylation sites is 1. The van der Waals surface area contributed by atoms with Crippen LogP contribution in [0.25, 0.3) is 0 Å². The first-order chi connectivity index (χ1) is 10.8. The lowest BCUT2D eigenvalue weighted by Crippen LogP contribution is -2.45. The molecule has 2 aromatic rings. The van der Waals surface area contributed by atoms with Crippen LogP contribution in [0.3, 0.4) is 0 Å². The Morgan fingerprint density at radius 1 is 1.21 bits per heavy atom. The van der Waals surface area contributed by atoms with Gasteiger partial charge >= 0.3 is 0 Å². The molecule has 1 N–H and O–H groups in total. The number of nitrogens with zero attached hydrogens (tertiary/aromatic N) is 3. The second-order valence-corrected chi connectivity index (χ2v) is 5.58. The van der Waals surface area contributed by atoms with E-state index in [2.05, 4.69) is 32.3 Å². The van der Waals surface area contributed by atoms with Gasteiger partial charge in [-0.05, 0) is 13.0 Å². The summed E-state index contributed by atoms with van der Waals surface area (Å²) in [5.74, 6) is 0.941. The Labute approximate surface area is 155 Å². The number of ether oxygens (including phenoxy) is 1. The van der Waals surface area contributed by atoms with Crippen LogP contribution in [0.1, 0.15) is 23.0 Å². The van der Waals surface area contributed by atoms with Crippen LogP contribution < -0.4 is 10.1 Å². The van der Waals surface area contributed by atoms with Crippen LogP contribution in [0, 0.1) is 6.92 Å². The summed E-state index contributed by atoms with van der Waals surface area (Å²) in [7, 11) is 1.73. The molecule has 1 atom stereocenters. The van der Waals surface area contributed by atoms with Gasteiger partial charge in [0.1, 0.15) is 5.75 Å². The number of rotatable bonds is 4. The number of benzene rings is 1. The van der Waals surface area contributed by atoms with Crippen LogP contribution in [0.4, 0.5) is 0 Å². The van der Waals surface area contributed by atoms with E-state index in [1.807, 2.05) is 31.5 Å². The van der Waals surface area contributed by atoms with E-state index in [1.165, 1.54) is 5.56 Å². The van der Waals surface area contributed by atoms with Gasteiger partial charge in [0.05, 0.1) is 24.5 Å². The summed E-state index contributed by atoms with van der Waals surface area (Å²) in [4.78, 5) is 11.3. The van der Waals surface area contributed by atoms with E-state index < -0.39 is 0 Å². The molecule has 2 heterocycles. The van der Waals surface area contributed by atoms with Gasteiger partial charge in [-0.1, -0.05) is 18.2 Å². The number of piperazine rings is 1. The number of nitrogens with one attached hydrogen (secondary N) is 1. The average molecular weight is 371 g/mol. The fraction of sp³-hybridized carbons (Fsp3) is 0.412. The van der Waals surface area contributed by atoms with Gasteiger partial charge in [0.15, 0.2) is 0 Å². The van der Waals surface area contributed by atoms with Gasteiger partial charge in [0.25, 0.3) is 0 Å². The maximum Gasteiger partial charge on any atom is 0.123 e. The Kier molecular flexibility index (Phi) is 8.42. The second-order valence-electron chi connectivity index (χ2n) is 5.58. The molecule has 0 radical (unpaired) electrons. The third kappa shape index (κ3) is 4.80. The van der Waals surface area contributed by atoms with E-state index in [0.717, 1.165) is 43.3 Å². The van der Waals surface area contributed by atoms with Gasteiger partial charge < -0.3 is 10.1 Å². The molecule has 3 rings (SSSR count). The van der Waals surface area contributed by atoms with Crippen LogP contribution in [0.15, 0.2) is 36.7 Å². The molecular weight excluding hydrogens is 347 g/mol. The van der Waals surface area contributed by atoms with Crippen LogP contribution >= 0.6 is 24.8 Å². The molecule has 132 valence electrons. The van der Waals surface area contributed by atoms with Crippen molar-refractivity contribution < 1.29 is 4.74 Å². The molecule has 0 bridgehead atoms. The van der Waals surface area contributed by atoms with Crippen molar-refractivity contribution in [3.8, 4) is 5.75 Å². The van der Waals surface area contributed by atoms with Gasteiger partial charge in [0, 0.05) is 44.1 Å². The van der Waals surface area contributed by atoms with E-state index in [-0.39, 0.29) is 30.9 Å². The Balaban J connectivity index is 0.00000144. The molecule has 1 aliphatic rings. The van der Waals surface area contributed by atoms with Crippen molar-refractivity contribution in [3.05, 3.63) is 53.6 Å². The number of halogens is 2. The summed E-state index contributed by atoms with van der Waals surface area (Å²) in [5, 5.41) is 3.48. The van der Waals surface area contributed by atoms with Crippen LogP contribution in [0.2, 0.25) is 0 Å². The number of hydrogen-bond donors (Lipinski definition) is 1. The Hall–Kier alpha value is -1.40. The maximum absolute atomic E-state index is 5.53. The molecule has 1 aromatic heterocycles. The maximum atomic E-state index is 5.53. The lowest BCUT2D eigenvalue weighted by atomic mass is 10.0. The summed E-state index contributed by atoms with van der Waals surface area (Å²) >= 11 is 0. The van der Waals surface area contributed by atoms with E-state index in [4.69, 9.17) is 4.74 Å². The normalized spacial score (nSPS) is 17.5. The summed E-state index contributed by atoms with van der Waals surface area (Å²) in [6.45, 7) is 5.65. The molecule has 1 fully saturated rings. The topological polar surface area (TPSA) is 50.3 Å². The highest BCUT2D eigenvalue weighted by Gasteiger charge is 2.26. The van der Waals surface area contributed by atoms with Gasteiger partial charge in [-0.25, -0.2) is 0 Å². The summed E-state index contributed by atoms with van der Waals surface area (Å²) in [6.07, 6.45) is 3.70. The zero-order valence-corrected chi connectivity index (χ0v) is 15.6. The van der Waals surface area contributed by atoms with Crippen LogP contribution in [-0.4, -0.2) is 41.6 Å². The molecule has 0 saturated carbocycles. The lowest BCUT2D eigenvalue weighted by molar-refractivity contribution is 0.149. The first kappa shape index (κ1) is 20.6. The zero-order chi connectivity index (χ0) is 15.4. The highest BCUT2D eigenvalue weighted by molar-refractivity contribution is 5.85. The molecule has 0 spiro atoms. The smallest absolute Gasteiger partial charge is 0.123 e. The number of aryl methyl sites for hydroxylation is 1. The minimum Gasteiger partial charge on any atom is -0.496 e. The van der Waals surface area contributed by atoms with Gasteiger partial charge in [-0.3, -0.25) is 14.9 Å². The number of methoxy groups -OCH3 is 1. The van der Waals surface area contributed by atoms with E-state index in [0.29, 0.717) is 0 Å². The highest BCUT2D eigenvalue weighted by Crippen LogP contribution is 2.30. The predicted molar refractivity (Wildman–Crippen MR) is 100 cm³/mol. The average Bonchev–Trinajstić information content (AvgIpc) is 2.57. The van der Waals surface area contributed by atoms with Crippen molar-refractivity contribution in [2.24, 2.45) is 0 Å². The van der Waals surface area contributed by atoms with Gasteiger partial charge in [0.2, 0.25) is 0 Å². The largest absolute Gasteiger partial charge is 0.496 e. The standard InChI is InChI=1S/C17H22N4O.2ClH/c1-13-9-20-14(10-19-13)12-21-8-7-18-11-16(21)15-5-3-4-6-17(15)22-2;;/h3-6,9-10,16,18H,7-8,11-12H2,1-2H3;2*1H. The van der Waals surface area contributed by atoms with E-state index >= 15 is 0 Å². The minimum atomic E-state index is 0. The zero-order valence-electron chi connectivity index (χ0n) is 13.9. The van der Waals surface area contributed by atoms with Crippen molar-refractivity contribution in [2.75, 3.05) is 26.7 Å². The molecule has 24 heavy (non-hydrogen) atoms. The third-order valence-electron chi connectivity index (χ3n) is 4.05. The minimum absolute atomic E-state index is 0. The fourth-order valence-corrected chi connectivity index (χ4v) is 2.89. The van der Waals surface area contributed by atoms with Crippen molar-refractivity contribution in [1.82, 2.24) is 20.2 Å². The third-order valence-corrected chi connectivity index (χ3v) is 4.05. The molecule has 1 saturated heterocycles. The first-order valence-electron chi connectivity index (χ1n) is 7.63. The molecule has 1 aliphatic heterocycles. The highest BCUT2D eigenvalue weighted by atomic mass is 35.5. The molecule has 5 nitrogen and oxygen atoms in total. The fourth-order valence-electron chi connectivity index (χ4n) is 2.89. The Morgan fingerprint density at radius 3 is 2.71 bits per heavy atom. The van der Waals surface area contributed by atoms with Crippen molar-refractivity contribution in [1.29, 1.82) is 0 Å². The SMILES string of the molecule is COc1ccccc1C1CNCCN1Cc1cnc(C)cn1.Cl.Cl. The van der Waals surface area contributed by atoms with E-state index in [1.54, 1.807) is 7.11 Å². The monoisotopic (exact) mass is 370 g/mol. The molecular formula is C17H24Cl2N4O. The number of hydrogen-bond acceptors (Lipinski definition) is 5. The Bertz CT molecular complexity index is 624. The lowest BCUT2D eigenvalue weighted by Gasteiger charge is -2.36.